The van der Waals surface area contributed by atoms with Gasteiger partial charge in [-0.05, 0) is 52.2 Å². The van der Waals surface area contributed by atoms with Crippen molar-refractivity contribution in [3.05, 3.63) is 52.8 Å². The van der Waals surface area contributed by atoms with Crippen LogP contribution in [0.5, 0.6) is 11.8 Å². The fraction of sp³-hybridized carbons (Fsp3) is 0.261. The van der Waals surface area contributed by atoms with Crippen LogP contribution in [-0.4, -0.2) is 57.2 Å². The molecule has 0 aliphatic carbocycles. The molecule has 9 nitrogen and oxygen atoms in total. The summed E-state index contributed by atoms with van der Waals surface area (Å²) < 4.78 is 6.02. The number of halogens is 1. The first-order valence-electron chi connectivity index (χ1n) is 10.6. The van der Waals surface area contributed by atoms with Gasteiger partial charge in [0.25, 0.3) is 0 Å². The summed E-state index contributed by atoms with van der Waals surface area (Å²) in [5.41, 5.74) is 2.86. The molecule has 0 saturated carbocycles. The minimum Gasteiger partial charge on any atom is -0.423 e. The number of anilines is 3. The fourth-order valence-corrected chi connectivity index (χ4v) is 3.55. The Balaban J connectivity index is 1.62. The SMILES string of the molecule is C/C=C/c1cc(Nc2cc(NCCN(C)C)nc(Oc3ccc4[nH]c(C)cc4c3Cl)n2)n[nH]1. The predicted molar refractivity (Wildman–Crippen MR) is 134 cm³/mol. The van der Waals surface area contributed by atoms with E-state index in [0.717, 1.165) is 28.8 Å². The maximum atomic E-state index is 6.61. The Morgan fingerprint density at radius 3 is 2.73 bits per heavy atom. The van der Waals surface area contributed by atoms with Gasteiger partial charge >= 0.3 is 6.01 Å². The van der Waals surface area contributed by atoms with E-state index in [1.807, 2.05) is 64.4 Å². The van der Waals surface area contributed by atoms with E-state index in [2.05, 4.69) is 40.7 Å². The lowest BCUT2D eigenvalue weighted by molar-refractivity contribution is 0.424. The van der Waals surface area contributed by atoms with Gasteiger partial charge in [0.2, 0.25) is 0 Å². The second kappa shape index (κ2) is 9.93. The molecule has 0 aliphatic heterocycles. The van der Waals surface area contributed by atoms with Crippen LogP contribution in [0, 0.1) is 6.92 Å². The Labute approximate surface area is 197 Å². The number of aromatic amines is 2. The smallest absolute Gasteiger partial charge is 0.325 e. The fourth-order valence-electron chi connectivity index (χ4n) is 3.29. The molecular formula is C23H27ClN8O. The van der Waals surface area contributed by atoms with Crippen molar-refractivity contribution in [3.8, 4) is 11.8 Å². The van der Waals surface area contributed by atoms with E-state index in [9.17, 15) is 0 Å². The Morgan fingerprint density at radius 2 is 1.94 bits per heavy atom. The highest BCUT2D eigenvalue weighted by atomic mass is 35.5. The quantitative estimate of drug-likeness (QED) is 0.269. The number of H-pyrrole nitrogens is 2. The minimum absolute atomic E-state index is 0.171. The number of fused-ring (bicyclic) bond motifs is 1. The third-order valence-corrected chi connectivity index (χ3v) is 5.20. The number of aromatic nitrogens is 5. The Bertz CT molecular complexity index is 1280. The molecule has 0 fully saturated rings. The van der Waals surface area contributed by atoms with Gasteiger partial charge < -0.3 is 25.3 Å². The Kier molecular flexibility index (Phi) is 6.81. The average molecular weight is 467 g/mol. The highest BCUT2D eigenvalue weighted by molar-refractivity contribution is 6.37. The molecule has 3 aromatic heterocycles. The Hall–Kier alpha value is -3.56. The molecule has 0 aliphatic rings. The van der Waals surface area contributed by atoms with Crippen molar-refractivity contribution >= 4 is 46.0 Å². The van der Waals surface area contributed by atoms with Crippen LogP contribution < -0.4 is 15.4 Å². The number of hydrogen-bond acceptors (Lipinski definition) is 7. The van der Waals surface area contributed by atoms with Crippen LogP contribution in [0.15, 0.2) is 36.4 Å². The minimum atomic E-state index is 0.171. The van der Waals surface area contributed by atoms with Crippen LogP contribution >= 0.6 is 11.6 Å². The van der Waals surface area contributed by atoms with E-state index < -0.39 is 0 Å². The lowest BCUT2D eigenvalue weighted by Gasteiger charge is -2.13. The van der Waals surface area contributed by atoms with Crippen LogP contribution in [0.25, 0.3) is 17.0 Å². The van der Waals surface area contributed by atoms with Crippen LogP contribution in [0.2, 0.25) is 5.02 Å². The molecule has 33 heavy (non-hydrogen) atoms. The first kappa shape index (κ1) is 22.6. The van der Waals surface area contributed by atoms with Gasteiger partial charge in [-0.1, -0.05) is 17.7 Å². The molecular weight excluding hydrogens is 440 g/mol. The van der Waals surface area contributed by atoms with Crippen molar-refractivity contribution in [1.29, 1.82) is 0 Å². The van der Waals surface area contributed by atoms with Gasteiger partial charge in [0.15, 0.2) is 5.82 Å². The van der Waals surface area contributed by atoms with Crippen molar-refractivity contribution < 1.29 is 4.74 Å². The first-order chi connectivity index (χ1) is 15.9. The topological polar surface area (TPSA) is 107 Å². The number of ether oxygens (including phenoxy) is 1. The van der Waals surface area contributed by atoms with E-state index >= 15 is 0 Å². The summed E-state index contributed by atoms with van der Waals surface area (Å²) in [5, 5.41) is 15.1. The number of likely N-dealkylation sites (N-methyl/N-ethyl adjacent to an activating group) is 1. The second-order valence-corrected chi connectivity index (χ2v) is 8.26. The van der Waals surface area contributed by atoms with E-state index in [1.54, 1.807) is 6.07 Å². The molecule has 0 atom stereocenters. The first-order valence-corrected chi connectivity index (χ1v) is 11.0. The molecule has 172 valence electrons. The van der Waals surface area contributed by atoms with Crippen molar-refractivity contribution in [3.63, 3.8) is 0 Å². The van der Waals surface area contributed by atoms with Gasteiger partial charge in [0.05, 0.1) is 10.7 Å². The highest BCUT2D eigenvalue weighted by Crippen LogP contribution is 2.35. The maximum absolute atomic E-state index is 6.61. The summed E-state index contributed by atoms with van der Waals surface area (Å²) in [4.78, 5) is 14.4. The highest BCUT2D eigenvalue weighted by Gasteiger charge is 2.13. The van der Waals surface area contributed by atoms with Crippen molar-refractivity contribution in [2.24, 2.45) is 0 Å². The monoisotopic (exact) mass is 466 g/mol. The molecule has 0 radical (unpaired) electrons. The lowest BCUT2D eigenvalue weighted by Crippen LogP contribution is -2.21. The zero-order valence-corrected chi connectivity index (χ0v) is 19.8. The standard InChI is InChI=1S/C23H27ClN8O/c1-5-6-15-12-21(31-30-15)27-20-13-19(25-9-10-32(3)4)28-23(29-20)33-18-8-7-17-16(22(18)24)11-14(2)26-17/h5-8,11-13,26H,9-10H2,1-4H3,(H3,25,27,28,29,30,31)/b6-5+. The summed E-state index contributed by atoms with van der Waals surface area (Å²) in [6.07, 6.45) is 3.87. The zero-order valence-electron chi connectivity index (χ0n) is 19.0. The number of benzene rings is 1. The van der Waals surface area contributed by atoms with E-state index in [1.165, 1.54) is 0 Å². The molecule has 0 amide bonds. The molecule has 3 heterocycles. The lowest BCUT2D eigenvalue weighted by atomic mass is 10.2. The number of nitrogens with zero attached hydrogens (tertiary/aromatic N) is 4. The van der Waals surface area contributed by atoms with Crippen molar-refractivity contribution in [1.82, 2.24) is 30.0 Å². The molecule has 4 rings (SSSR count). The molecule has 0 spiro atoms. The van der Waals surface area contributed by atoms with E-state index in [0.29, 0.717) is 34.8 Å². The molecule has 0 saturated heterocycles. The van der Waals surface area contributed by atoms with Gasteiger partial charge in [0.1, 0.15) is 17.4 Å². The van der Waals surface area contributed by atoms with Crippen LogP contribution in [-0.2, 0) is 0 Å². The molecule has 10 heteroatoms. The summed E-state index contributed by atoms with van der Waals surface area (Å²) in [7, 11) is 4.04. The summed E-state index contributed by atoms with van der Waals surface area (Å²) in [6.45, 7) is 5.50. The number of allylic oxidation sites excluding steroid dienone is 1. The number of hydrogen-bond donors (Lipinski definition) is 4. The van der Waals surface area contributed by atoms with Gasteiger partial charge in [-0.2, -0.15) is 15.1 Å². The van der Waals surface area contributed by atoms with Crippen LogP contribution in [0.4, 0.5) is 17.5 Å². The second-order valence-electron chi connectivity index (χ2n) is 7.88. The largest absolute Gasteiger partial charge is 0.423 e. The number of aryl methyl sites for hydroxylation is 1. The molecule has 0 bridgehead atoms. The van der Waals surface area contributed by atoms with E-state index in [4.69, 9.17) is 16.3 Å². The predicted octanol–water partition coefficient (Wildman–Crippen LogP) is 5.19. The molecule has 4 N–H and O–H groups in total. The van der Waals surface area contributed by atoms with Gasteiger partial charge in [-0.25, -0.2) is 0 Å². The summed E-state index contributed by atoms with van der Waals surface area (Å²) in [5.74, 6) is 2.28. The zero-order chi connectivity index (χ0) is 23.4. The average Bonchev–Trinajstić information content (AvgIpc) is 3.36. The third-order valence-electron chi connectivity index (χ3n) is 4.81. The van der Waals surface area contributed by atoms with Gasteiger partial charge in [0, 0.05) is 41.8 Å². The van der Waals surface area contributed by atoms with E-state index in [-0.39, 0.29) is 6.01 Å². The number of nitrogens with one attached hydrogen (secondary N) is 4. The number of rotatable bonds is 9. The molecule has 4 aromatic rings. The maximum Gasteiger partial charge on any atom is 0.325 e. The third kappa shape index (κ3) is 5.63. The van der Waals surface area contributed by atoms with Crippen LogP contribution in [0.1, 0.15) is 18.3 Å². The Morgan fingerprint density at radius 1 is 1.12 bits per heavy atom. The molecule has 0 unspecified atom stereocenters. The van der Waals surface area contributed by atoms with Crippen LogP contribution in [0.3, 0.4) is 0 Å². The summed E-state index contributed by atoms with van der Waals surface area (Å²) in [6, 6.07) is 9.59. The normalized spacial score (nSPS) is 11.6. The van der Waals surface area contributed by atoms with Crippen molar-refractivity contribution in [2.45, 2.75) is 13.8 Å². The van der Waals surface area contributed by atoms with Gasteiger partial charge in [-0.3, -0.25) is 5.10 Å². The van der Waals surface area contributed by atoms with Gasteiger partial charge in [-0.15, -0.1) is 0 Å². The summed E-state index contributed by atoms with van der Waals surface area (Å²) >= 11 is 6.61. The molecule has 1 aromatic carbocycles. The van der Waals surface area contributed by atoms with Crippen molar-refractivity contribution in [2.75, 3.05) is 37.8 Å².